The summed E-state index contributed by atoms with van der Waals surface area (Å²) in [5, 5.41) is 16.5. The molecule has 0 aliphatic rings. The standard InChI is InChI=1S/C24H28N6O6S/c1-15(13-31)14-36-22-20(9-16(34-3)10-21(22)35-4)28-23-24(27-19-8-6-5-7-18(19)26-23)29-37(32,33)17-11-25-30(2)12-17/h5-12,15,31H,13-14H2,1-4H3,(H,26,28)(H,27,29). The Kier molecular flexibility index (Phi) is 7.64. The molecule has 0 aliphatic carbocycles. The maximum absolute atomic E-state index is 13.1. The Bertz CT molecular complexity index is 1510. The van der Waals surface area contributed by atoms with Crippen molar-refractivity contribution in [1.29, 1.82) is 0 Å². The molecule has 1 unspecified atom stereocenters. The van der Waals surface area contributed by atoms with Gasteiger partial charge in [0, 0.05) is 37.9 Å². The number of rotatable bonds is 11. The Morgan fingerprint density at radius 1 is 1.08 bits per heavy atom. The lowest BCUT2D eigenvalue weighted by Gasteiger charge is -2.20. The number of fused-ring (bicyclic) bond motifs is 1. The van der Waals surface area contributed by atoms with E-state index >= 15 is 0 Å². The number of aliphatic hydroxyl groups is 1. The molecule has 0 saturated heterocycles. The molecule has 196 valence electrons. The smallest absolute Gasteiger partial charge is 0.266 e. The Hall–Kier alpha value is -4.10. The van der Waals surface area contributed by atoms with Gasteiger partial charge in [0.1, 0.15) is 10.6 Å². The lowest BCUT2D eigenvalue weighted by atomic mass is 10.2. The summed E-state index contributed by atoms with van der Waals surface area (Å²) in [6.45, 7) is 1.98. The van der Waals surface area contributed by atoms with E-state index in [1.807, 2.05) is 6.92 Å². The van der Waals surface area contributed by atoms with Crippen molar-refractivity contribution in [3.63, 3.8) is 0 Å². The Labute approximate surface area is 214 Å². The highest BCUT2D eigenvalue weighted by molar-refractivity contribution is 7.92. The average molecular weight is 529 g/mol. The fraction of sp³-hybridized carbons (Fsp3) is 0.292. The lowest BCUT2D eigenvalue weighted by Crippen LogP contribution is -2.16. The maximum Gasteiger partial charge on any atom is 0.266 e. The van der Waals surface area contributed by atoms with Gasteiger partial charge in [-0.15, -0.1) is 0 Å². The number of ether oxygens (including phenoxy) is 3. The van der Waals surface area contributed by atoms with E-state index in [4.69, 9.17) is 14.2 Å². The minimum Gasteiger partial charge on any atom is -0.497 e. The van der Waals surface area contributed by atoms with Gasteiger partial charge in [-0.2, -0.15) is 5.10 Å². The predicted molar refractivity (Wildman–Crippen MR) is 138 cm³/mol. The molecule has 1 atom stereocenters. The van der Waals surface area contributed by atoms with Crippen LogP contribution in [0.25, 0.3) is 11.0 Å². The van der Waals surface area contributed by atoms with E-state index in [9.17, 15) is 13.5 Å². The van der Waals surface area contributed by atoms with Crippen molar-refractivity contribution < 1.29 is 27.7 Å². The zero-order valence-electron chi connectivity index (χ0n) is 20.8. The number of aliphatic hydroxyl groups excluding tert-OH is 1. The summed E-state index contributed by atoms with van der Waals surface area (Å²) in [5.74, 6) is 1.13. The largest absolute Gasteiger partial charge is 0.497 e. The summed E-state index contributed by atoms with van der Waals surface area (Å²) in [7, 11) is 0.602. The van der Waals surface area contributed by atoms with E-state index in [-0.39, 0.29) is 35.7 Å². The van der Waals surface area contributed by atoms with Gasteiger partial charge in [0.2, 0.25) is 0 Å². The third-order valence-corrected chi connectivity index (χ3v) is 6.65. The molecule has 2 heterocycles. The van der Waals surface area contributed by atoms with Gasteiger partial charge in [0.05, 0.1) is 43.7 Å². The molecule has 0 bridgehead atoms. The van der Waals surface area contributed by atoms with Crippen LogP contribution in [0, 0.1) is 5.92 Å². The van der Waals surface area contributed by atoms with Crippen LogP contribution in [-0.4, -0.2) is 60.7 Å². The number of hydrogen-bond acceptors (Lipinski definition) is 10. The third kappa shape index (κ3) is 5.84. The first kappa shape index (κ1) is 26.0. The number of anilines is 3. The Morgan fingerprint density at radius 2 is 1.78 bits per heavy atom. The van der Waals surface area contributed by atoms with Gasteiger partial charge >= 0.3 is 0 Å². The molecule has 2 aromatic heterocycles. The highest BCUT2D eigenvalue weighted by Gasteiger charge is 2.22. The zero-order chi connectivity index (χ0) is 26.6. The predicted octanol–water partition coefficient (Wildman–Crippen LogP) is 2.93. The van der Waals surface area contributed by atoms with Gasteiger partial charge in [-0.1, -0.05) is 19.1 Å². The number of nitrogens with zero attached hydrogens (tertiary/aromatic N) is 4. The number of hydrogen-bond donors (Lipinski definition) is 3. The van der Waals surface area contributed by atoms with Crippen LogP contribution in [0.1, 0.15) is 6.92 Å². The van der Waals surface area contributed by atoms with Crippen molar-refractivity contribution >= 4 is 38.4 Å². The second-order valence-electron chi connectivity index (χ2n) is 8.29. The second kappa shape index (κ2) is 10.9. The van der Waals surface area contributed by atoms with Gasteiger partial charge in [-0.25, -0.2) is 18.4 Å². The second-order valence-corrected chi connectivity index (χ2v) is 9.98. The SMILES string of the molecule is COc1cc(Nc2nc3ccccc3nc2NS(=O)(=O)c2cnn(C)c2)c(OCC(C)CO)c(OC)c1. The first-order chi connectivity index (χ1) is 17.7. The van der Waals surface area contributed by atoms with Gasteiger partial charge in [-0.05, 0) is 12.1 Å². The topological polar surface area (TPSA) is 150 Å². The molecule has 0 amide bonds. The van der Waals surface area contributed by atoms with Crippen LogP contribution in [-0.2, 0) is 17.1 Å². The van der Waals surface area contributed by atoms with Crippen molar-refractivity contribution in [1.82, 2.24) is 19.7 Å². The number of methoxy groups -OCH3 is 2. The van der Waals surface area contributed by atoms with Crippen molar-refractivity contribution in [3.8, 4) is 17.2 Å². The van der Waals surface area contributed by atoms with Gasteiger partial charge in [0.15, 0.2) is 23.1 Å². The molecule has 3 N–H and O–H groups in total. The summed E-state index contributed by atoms with van der Waals surface area (Å²) < 4.78 is 47.0. The highest BCUT2D eigenvalue weighted by atomic mass is 32.2. The summed E-state index contributed by atoms with van der Waals surface area (Å²) in [5.41, 5.74) is 1.43. The van der Waals surface area contributed by atoms with E-state index in [1.165, 1.54) is 31.3 Å². The van der Waals surface area contributed by atoms with Crippen LogP contribution in [0.4, 0.5) is 17.3 Å². The van der Waals surface area contributed by atoms with Crippen LogP contribution < -0.4 is 24.2 Å². The quantitative estimate of drug-likeness (QED) is 0.265. The number of nitrogens with one attached hydrogen (secondary N) is 2. The first-order valence-electron chi connectivity index (χ1n) is 11.3. The number of benzene rings is 2. The molecule has 12 nitrogen and oxygen atoms in total. The van der Waals surface area contributed by atoms with Crippen LogP contribution in [0.15, 0.2) is 53.7 Å². The van der Waals surface area contributed by atoms with Crippen LogP contribution in [0.2, 0.25) is 0 Å². The Morgan fingerprint density at radius 3 is 2.38 bits per heavy atom. The molecule has 13 heteroatoms. The molecule has 0 radical (unpaired) electrons. The van der Waals surface area contributed by atoms with Gasteiger partial charge in [0.25, 0.3) is 10.0 Å². The number of para-hydroxylation sites is 2. The highest BCUT2D eigenvalue weighted by Crippen LogP contribution is 2.42. The first-order valence-corrected chi connectivity index (χ1v) is 12.8. The minimum atomic E-state index is -4.02. The van der Waals surface area contributed by atoms with Crippen LogP contribution in [0.3, 0.4) is 0 Å². The van der Waals surface area contributed by atoms with E-state index in [0.29, 0.717) is 34.0 Å². The number of aryl methyl sites for hydroxylation is 1. The monoisotopic (exact) mass is 528 g/mol. The average Bonchev–Trinajstić information content (AvgIpc) is 3.34. The fourth-order valence-corrected chi connectivity index (χ4v) is 4.37. The molecule has 2 aromatic carbocycles. The molecule has 4 aromatic rings. The molecule has 0 spiro atoms. The summed E-state index contributed by atoms with van der Waals surface area (Å²) >= 11 is 0. The normalized spacial score (nSPS) is 12.2. The number of sulfonamides is 1. The summed E-state index contributed by atoms with van der Waals surface area (Å²) in [6, 6.07) is 10.4. The van der Waals surface area contributed by atoms with Gasteiger partial charge in [-0.3, -0.25) is 9.40 Å². The zero-order valence-corrected chi connectivity index (χ0v) is 21.6. The molecule has 0 fully saturated rings. The lowest BCUT2D eigenvalue weighted by molar-refractivity contribution is 0.171. The Balaban J connectivity index is 1.81. The van der Waals surface area contributed by atoms with Crippen molar-refractivity contribution in [2.45, 2.75) is 11.8 Å². The molecule has 4 rings (SSSR count). The summed E-state index contributed by atoms with van der Waals surface area (Å²) in [4.78, 5) is 9.10. The van der Waals surface area contributed by atoms with Crippen LogP contribution in [0.5, 0.6) is 17.2 Å². The van der Waals surface area contributed by atoms with Crippen molar-refractivity contribution in [2.24, 2.45) is 13.0 Å². The van der Waals surface area contributed by atoms with Crippen LogP contribution >= 0.6 is 0 Å². The van der Waals surface area contributed by atoms with E-state index < -0.39 is 10.0 Å². The molecular formula is C24H28N6O6S. The molecule has 0 saturated carbocycles. The van der Waals surface area contributed by atoms with Gasteiger partial charge < -0.3 is 24.6 Å². The van der Waals surface area contributed by atoms with Crippen molar-refractivity contribution in [2.75, 3.05) is 37.5 Å². The third-order valence-electron chi connectivity index (χ3n) is 5.35. The number of aromatic nitrogens is 4. The fourth-order valence-electron chi connectivity index (χ4n) is 3.38. The molecule has 0 aliphatic heterocycles. The summed E-state index contributed by atoms with van der Waals surface area (Å²) in [6.07, 6.45) is 2.62. The molecular weight excluding hydrogens is 500 g/mol. The molecule has 37 heavy (non-hydrogen) atoms. The van der Waals surface area contributed by atoms with E-state index in [1.54, 1.807) is 43.4 Å². The van der Waals surface area contributed by atoms with E-state index in [2.05, 4.69) is 25.1 Å². The van der Waals surface area contributed by atoms with E-state index in [0.717, 1.165) is 0 Å². The maximum atomic E-state index is 13.1. The van der Waals surface area contributed by atoms with Crippen molar-refractivity contribution in [3.05, 3.63) is 48.8 Å². The minimum absolute atomic E-state index is 0.0269.